The van der Waals surface area contributed by atoms with E-state index in [0.717, 1.165) is 16.8 Å². The van der Waals surface area contributed by atoms with Crippen molar-refractivity contribution >= 4 is 43.6 Å². The van der Waals surface area contributed by atoms with Gasteiger partial charge in [-0.05, 0) is 30.3 Å². The third kappa shape index (κ3) is 3.03. The molecular formula is C20H15NO6S. The van der Waals surface area contributed by atoms with Crippen LogP contribution in [0.4, 0.5) is 5.69 Å². The number of hydrogen-bond donors (Lipinski definition) is 2. The van der Waals surface area contributed by atoms with Gasteiger partial charge in [0.1, 0.15) is 16.9 Å². The quantitative estimate of drug-likeness (QED) is 0.525. The standard InChI is InChI=1S/C20H15NO6S/c1-26-19-10-15-14-7-2-3-8-17(14)27-18(15)11-16(19)21-28(24,25)13-6-4-5-12(9-13)20(22)23/h2-11,21H,1H3,(H,22,23). The molecule has 1 aromatic heterocycles. The van der Waals surface area contributed by atoms with Crippen molar-refractivity contribution in [1.29, 1.82) is 0 Å². The number of sulfonamides is 1. The molecule has 2 N–H and O–H groups in total. The summed E-state index contributed by atoms with van der Waals surface area (Å²) >= 11 is 0. The molecule has 0 radical (unpaired) electrons. The maximum absolute atomic E-state index is 12.8. The Morgan fingerprint density at radius 1 is 1.00 bits per heavy atom. The molecule has 0 aliphatic rings. The number of carbonyl (C=O) groups is 1. The van der Waals surface area contributed by atoms with Crippen molar-refractivity contribution in [2.75, 3.05) is 11.8 Å². The number of hydrogen-bond acceptors (Lipinski definition) is 5. The maximum atomic E-state index is 12.8. The number of rotatable bonds is 5. The minimum Gasteiger partial charge on any atom is -0.495 e. The van der Waals surface area contributed by atoms with Gasteiger partial charge in [0.25, 0.3) is 10.0 Å². The molecule has 0 aliphatic carbocycles. The predicted molar refractivity (Wildman–Crippen MR) is 104 cm³/mol. The number of furan rings is 1. The molecule has 4 rings (SSSR count). The summed E-state index contributed by atoms with van der Waals surface area (Å²) in [6, 6.07) is 15.8. The second kappa shape index (κ2) is 6.58. The van der Waals surface area contributed by atoms with E-state index in [-0.39, 0.29) is 16.1 Å². The van der Waals surface area contributed by atoms with E-state index in [9.17, 15) is 13.2 Å². The van der Waals surface area contributed by atoms with Gasteiger partial charge >= 0.3 is 5.97 Å². The SMILES string of the molecule is COc1cc2c(cc1NS(=O)(=O)c1cccc(C(=O)O)c1)oc1ccccc12. The van der Waals surface area contributed by atoms with Gasteiger partial charge in [-0.25, -0.2) is 13.2 Å². The summed E-state index contributed by atoms with van der Waals surface area (Å²) in [7, 11) is -2.60. The summed E-state index contributed by atoms with van der Waals surface area (Å²) in [5, 5.41) is 10.8. The van der Waals surface area contributed by atoms with E-state index in [1.807, 2.05) is 24.3 Å². The zero-order chi connectivity index (χ0) is 19.9. The van der Waals surface area contributed by atoms with Crippen molar-refractivity contribution in [3.05, 3.63) is 66.2 Å². The molecule has 0 aliphatic heterocycles. The van der Waals surface area contributed by atoms with E-state index < -0.39 is 16.0 Å². The van der Waals surface area contributed by atoms with Gasteiger partial charge in [0.05, 0.1) is 23.3 Å². The molecule has 0 amide bonds. The molecule has 4 aromatic rings. The molecule has 0 bridgehead atoms. The zero-order valence-electron chi connectivity index (χ0n) is 14.7. The van der Waals surface area contributed by atoms with Crippen LogP contribution in [0.3, 0.4) is 0 Å². The predicted octanol–water partition coefficient (Wildman–Crippen LogP) is 4.09. The molecule has 142 valence electrons. The van der Waals surface area contributed by atoms with Gasteiger partial charge in [0.15, 0.2) is 0 Å². The lowest BCUT2D eigenvalue weighted by Crippen LogP contribution is -2.14. The molecule has 0 saturated carbocycles. The Morgan fingerprint density at radius 3 is 2.54 bits per heavy atom. The largest absolute Gasteiger partial charge is 0.495 e. The number of carboxylic acids is 1. The fourth-order valence-corrected chi connectivity index (χ4v) is 4.11. The van der Waals surface area contributed by atoms with E-state index in [4.69, 9.17) is 14.3 Å². The first-order valence-electron chi connectivity index (χ1n) is 8.24. The fourth-order valence-electron chi connectivity index (χ4n) is 3.00. The molecule has 0 fully saturated rings. The van der Waals surface area contributed by atoms with Crippen molar-refractivity contribution in [3.63, 3.8) is 0 Å². The Labute approximate surface area is 160 Å². The molecule has 1 heterocycles. The molecule has 3 aromatic carbocycles. The summed E-state index contributed by atoms with van der Waals surface area (Å²) in [6.07, 6.45) is 0. The van der Waals surface area contributed by atoms with Gasteiger partial charge in [-0.3, -0.25) is 4.72 Å². The third-order valence-electron chi connectivity index (χ3n) is 4.33. The first-order chi connectivity index (χ1) is 13.4. The highest BCUT2D eigenvalue weighted by atomic mass is 32.2. The lowest BCUT2D eigenvalue weighted by atomic mass is 10.1. The van der Waals surface area contributed by atoms with E-state index in [2.05, 4.69) is 4.72 Å². The summed E-state index contributed by atoms with van der Waals surface area (Å²) in [5.41, 5.74) is 1.24. The van der Waals surface area contributed by atoms with Crippen LogP contribution in [0.2, 0.25) is 0 Å². The summed E-state index contributed by atoms with van der Waals surface area (Å²) < 4.78 is 39.1. The Balaban J connectivity index is 1.81. The van der Waals surface area contributed by atoms with Crippen LogP contribution in [0.1, 0.15) is 10.4 Å². The Hall–Kier alpha value is -3.52. The third-order valence-corrected chi connectivity index (χ3v) is 5.70. The van der Waals surface area contributed by atoms with Gasteiger partial charge in [-0.1, -0.05) is 24.3 Å². The van der Waals surface area contributed by atoms with Crippen molar-refractivity contribution in [1.82, 2.24) is 0 Å². The Bertz CT molecular complexity index is 1320. The summed E-state index contributed by atoms with van der Waals surface area (Å²) in [5.74, 6) is -0.893. The van der Waals surface area contributed by atoms with Crippen LogP contribution in [-0.2, 0) is 10.0 Å². The van der Waals surface area contributed by atoms with Crippen LogP contribution >= 0.6 is 0 Å². The number of anilines is 1. The fraction of sp³-hybridized carbons (Fsp3) is 0.0500. The highest BCUT2D eigenvalue weighted by molar-refractivity contribution is 7.92. The van der Waals surface area contributed by atoms with Crippen molar-refractivity contribution in [2.45, 2.75) is 4.90 Å². The lowest BCUT2D eigenvalue weighted by Gasteiger charge is -2.12. The van der Waals surface area contributed by atoms with Gasteiger partial charge < -0.3 is 14.3 Å². The topological polar surface area (TPSA) is 106 Å². The highest BCUT2D eigenvalue weighted by Crippen LogP contribution is 2.37. The van der Waals surface area contributed by atoms with E-state index in [1.165, 1.54) is 25.3 Å². The molecule has 0 atom stereocenters. The molecule has 0 unspecified atom stereocenters. The number of methoxy groups -OCH3 is 1. The molecule has 0 saturated heterocycles. The smallest absolute Gasteiger partial charge is 0.335 e. The lowest BCUT2D eigenvalue weighted by molar-refractivity contribution is 0.0696. The minimum absolute atomic E-state index is 0.123. The van der Waals surface area contributed by atoms with Crippen LogP contribution < -0.4 is 9.46 Å². The maximum Gasteiger partial charge on any atom is 0.335 e. The first-order valence-corrected chi connectivity index (χ1v) is 9.73. The summed E-state index contributed by atoms with van der Waals surface area (Å²) in [4.78, 5) is 11.0. The minimum atomic E-state index is -4.04. The van der Waals surface area contributed by atoms with Crippen molar-refractivity contribution < 1.29 is 27.5 Å². The van der Waals surface area contributed by atoms with Crippen LogP contribution in [-0.4, -0.2) is 26.6 Å². The number of nitrogens with one attached hydrogen (secondary N) is 1. The Kier molecular flexibility index (Phi) is 4.20. The van der Waals surface area contributed by atoms with Crippen LogP contribution in [0.25, 0.3) is 21.9 Å². The second-order valence-electron chi connectivity index (χ2n) is 6.09. The molecule has 7 nitrogen and oxygen atoms in total. The van der Waals surface area contributed by atoms with Gasteiger partial charge in [-0.15, -0.1) is 0 Å². The number of para-hydroxylation sites is 1. The normalized spacial score (nSPS) is 11.6. The number of benzene rings is 3. The van der Waals surface area contributed by atoms with E-state index in [0.29, 0.717) is 16.9 Å². The molecule has 0 spiro atoms. The molecular weight excluding hydrogens is 382 g/mol. The number of aromatic carboxylic acids is 1. The Morgan fingerprint density at radius 2 is 1.79 bits per heavy atom. The number of fused-ring (bicyclic) bond motifs is 3. The average Bonchev–Trinajstić information content (AvgIpc) is 3.04. The van der Waals surface area contributed by atoms with Gasteiger partial charge in [-0.2, -0.15) is 0 Å². The summed E-state index contributed by atoms with van der Waals surface area (Å²) in [6.45, 7) is 0. The highest BCUT2D eigenvalue weighted by Gasteiger charge is 2.20. The number of ether oxygens (including phenoxy) is 1. The van der Waals surface area contributed by atoms with Gasteiger partial charge in [0, 0.05) is 16.8 Å². The average molecular weight is 397 g/mol. The number of carboxylic acid groups (broad SMARTS) is 1. The van der Waals surface area contributed by atoms with Crippen LogP contribution in [0, 0.1) is 0 Å². The van der Waals surface area contributed by atoms with E-state index >= 15 is 0 Å². The van der Waals surface area contributed by atoms with Crippen molar-refractivity contribution in [2.24, 2.45) is 0 Å². The monoisotopic (exact) mass is 397 g/mol. The van der Waals surface area contributed by atoms with Crippen LogP contribution in [0.15, 0.2) is 70.0 Å². The van der Waals surface area contributed by atoms with Crippen LogP contribution in [0.5, 0.6) is 5.75 Å². The molecule has 8 heteroatoms. The van der Waals surface area contributed by atoms with Gasteiger partial charge in [0.2, 0.25) is 0 Å². The molecule has 28 heavy (non-hydrogen) atoms. The second-order valence-corrected chi connectivity index (χ2v) is 7.77. The zero-order valence-corrected chi connectivity index (χ0v) is 15.5. The van der Waals surface area contributed by atoms with E-state index in [1.54, 1.807) is 12.1 Å². The first kappa shape index (κ1) is 17.9. The van der Waals surface area contributed by atoms with Crippen molar-refractivity contribution in [3.8, 4) is 5.75 Å².